The number of hydrogen-bond donors (Lipinski definition) is 1. The van der Waals surface area contributed by atoms with Crippen molar-refractivity contribution in [2.24, 2.45) is 0 Å². The van der Waals surface area contributed by atoms with E-state index in [9.17, 15) is 13.2 Å². The van der Waals surface area contributed by atoms with Gasteiger partial charge in [-0.25, -0.2) is 0 Å². The Labute approximate surface area is 130 Å². The molecule has 1 heterocycles. The summed E-state index contributed by atoms with van der Waals surface area (Å²) in [6.45, 7) is 4.70. The zero-order valence-corrected chi connectivity index (χ0v) is 13.2. The Kier molecular flexibility index (Phi) is 4.96. The Morgan fingerprint density at radius 1 is 1.19 bits per heavy atom. The van der Waals surface area contributed by atoms with Crippen LogP contribution in [0.5, 0.6) is 0 Å². The van der Waals surface area contributed by atoms with Crippen molar-refractivity contribution in [3.63, 3.8) is 0 Å². The van der Waals surface area contributed by atoms with E-state index >= 15 is 0 Å². The largest absolute Gasteiger partial charge is 0.417 e. The fourth-order valence-corrected chi connectivity index (χ4v) is 3.06. The van der Waals surface area contributed by atoms with Crippen molar-refractivity contribution >= 4 is 22.9 Å². The molecule has 1 nitrogen and oxygen atoms in total. The van der Waals surface area contributed by atoms with Crippen LogP contribution in [-0.2, 0) is 12.7 Å². The monoisotopic (exact) mass is 333 g/mol. The number of halogens is 4. The van der Waals surface area contributed by atoms with Gasteiger partial charge in [-0.15, -0.1) is 11.3 Å². The van der Waals surface area contributed by atoms with Crippen LogP contribution in [0, 0.1) is 0 Å². The van der Waals surface area contributed by atoms with Crippen molar-refractivity contribution in [3.05, 3.63) is 45.8 Å². The van der Waals surface area contributed by atoms with Crippen molar-refractivity contribution < 1.29 is 13.2 Å². The van der Waals surface area contributed by atoms with Gasteiger partial charge in [-0.05, 0) is 24.3 Å². The third-order valence-corrected chi connectivity index (χ3v) is 4.25. The van der Waals surface area contributed by atoms with Gasteiger partial charge in [0.25, 0.3) is 0 Å². The highest BCUT2D eigenvalue weighted by Crippen LogP contribution is 2.40. The lowest BCUT2D eigenvalue weighted by molar-refractivity contribution is -0.137. The normalized spacial score (nSPS) is 12.1. The van der Waals surface area contributed by atoms with E-state index in [1.165, 1.54) is 23.5 Å². The van der Waals surface area contributed by atoms with Gasteiger partial charge < -0.3 is 5.32 Å². The summed E-state index contributed by atoms with van der Waals surface area (Å²) in [5.41, 5.74) is -0.520. The van der Waals surface area contributed by atoms with Crippen LogP contribution < -0.4 is 5.32 Å². The SMILES string of the molecule is CC(C)NCc1ccc(-c2ccc(Cl)cc2C(F)(F)F)s1. The number of benzene rings is 1. The molecule has 0 fully saturated rings. The number of hydrogen-bond acceptors (Lipinski definition) is 2. The molecule has 0 saturated carbocycles. The van der Waals surface area contributed by atoms with Crippen LogP contribution in [-0.4, -0.2) is 6.04 Å². The number of alkyl halides is 3. The van der Waals surface area contributed by atoms with Crippen LogP contribution in [0.3, 0.4) is 0 Å². The minimum atomic E-state index is -4.42. The van der Waals surface area contributed by atoms with Gasteiger partial charge in [0, 0.05) is 32.9 Å². The Morgan fingerprint density at radius 3 is 2.52 bits per heavy atom. The second-order valence-corrected chi connectivity index (χ2v) is 6.59. The molecule has 0 atom stereocenters. The Balaban J connectivity index is 2.34. The molecule has 0 spiro atoms. The molecule has 2 rings (SSSR count). The van der Waals surface area contributed by atoms with Gasteiger partial charge in [0.1, 0.15) is 0 Å². The third kappa shape index (κ3) is 4.22. The highest BCUT2D eigenvalue weighted by Gasteiger charge is 2.34. The van der Waals surface area contributed by atoms with Gasteiger partial charge in [0.05, 0.1) is 5.56 Å². The molecule has 0 amide bonds. The molecule has 1 aromatic carbocycles. The molecule has 0 aliphatic rings. The van der Waals surface area contributed by atoms with E-state index < -0.39 is 11.7 Å². The van der Waals surface area contributed by atoms with E-state index in [2.05, 4.69) is 5.32 Å². The first kappa shape index (κ1) is 16.3. The minimum Gasteiger partial charge on any atom is -0.310 e. The first-order valence-electron chi connectivity index (χ1n) is 6.46. The third-order valence-electron chi connectivity index (χ3n) is 2.90. The molecule has 2 aromatic rings. The molecule has 0 saturated heterocycles. The molecule has 0 bridgehead atoms. The highest BCUT2D eigenvalue weighted by molar-refractivity contribution is 7.15. The van der Waals surface area contributed by atoms with Gasteiger partial charge in [0.15, 0.2) is 0 Å². The molecule has 6 heteroatoms. The van der Waals surface area contributed by atoms with Crippen molar-refractivity contribution in [1.82, 2.24) is 5.32 Å². The molecule has 0 radical (unpaired) electrons. The maximum atomic E-state index is 13.1. The zero-order valence-electron chi connectivity index (χ0n) is 11.6. The Bertz CT molecular complexity index is 620. The second-order valence-electron chi connectivity index (χ2n) is 4.99. The fraction of sp³-hybridized carbons (Fsp3) is 0.333. The van der Waals surface area contributed by atoms with Gasteiger partial charge in [-0.3, -0.25) is 0 Å². The number of thiophene rings is 1. The van der Waals surface area contributed by atoms with Gasteiger partial charge in [-0.1, -0.05) is 31.5 Å². The smallest absolute Gasteiger partial charge is 0.310 e. The summed E-state index contributed by atoms with van der Waals surface area (Å²) < 4.78 is 39.3. The van der Waals surface area contributed by atoms with E-state index in [1.807, 2.05) is 19.9 Å². The van der Waals surface area contributed by atoms with Crippen LogP contribution in [0.2, 0.25) is 5.02 Å². The van der Waals surface area contributed by atoms with E-state index in [0.29, 0.717) is 17.5 Å². The summed E-state index contributed by atoms with van der Waals surface area (Å²) >= 11 is 7.05. The maximum absolute atomic E-state index is 13.1. The maximum Gasteiger partial charge on any atom is 0.417 e. The lowest BCUT2D eigenvalue weighted by atomic mass is 10.1. The predicted octanol–water partition coefficient (Wildman–Crippen LogP) is 5.59. The van der Waals surface area contributed by atoms with Crippen molar-refractivity contribution in [3.8, 4) is 10.4 Å². The zero-order chi connectivity index (χ0) is 15.6. The van der Waals surface area contributed by atoms with Crippen LogP contribution in [0.1, 0.15) is 24.3 Å². The van der Waals surface area contributed by atoms with Crippen molar-refractivity contribution in [2.45, 2.75) is 32.6 Å². The minimum absolute atomic E-state index is 0.0873. The summed E-state index contributed by atoms with van der Waals surface area (Å²) in [6.07, 6.45) is -4.42. The summed E-state index contributed by atoms with van der Waals surface area (Å²) in [7, 11) is 0. The van der Waals surface area contributed by atoms with E-state index in [4.69, 9.17) is 11.6 Å². The van der Waals surface area contributed by atoms with Crippen LogP contribution in [0.25, 0.3) is 10.4 Å². The summed E-state index contributed by atoms with van der Waals surface area (Å²) in [4.78, 5) is 1.60. The van der Waals surface area contributed by atoms with Crippen LogP contribution >= 0.6 is 22.9 Å². The highest BCUT2D eigenvalue weighted by atomic mass is 35.5. The van der Waals surface area contributed by atoms with Gasteiger partial charge in [0.2, 0.25) is 0 Å². The number of nitrogens with one attached hydrogen (secondary N) is 1. The molecule has 1 aromatic heterocycles. The van der Waals surface area contributed by atoms with E-state index in [0.717, 1.165) is 10.9 Å². The summed E-state index contributed by atoms with van der Waals surface area (Å²) in [5.74, 6) is 0. The first-order valence-corrected chi connectivity index (χ1v) is 7.66. The van der Waals surface area contributed by atoms with Crippen molar-refractivity contribution in [2.75, 3.05) is 0 Å². The van der Waals surface area contributed by atoms with E-state index in [-0.39, 0.29) is 10.6 Å². The number of rotatable bonds is 4. The van der Waals surface area contributed by atoms with Gasteiger partial charge >= 0.3 is 6.18 Å². The first-order chi connectivity index (χ1) is 9.77. The summed E-state index contributed by atoms with van der Waals surface area (Å²) in [6, 6.07) is 7.79. The topological polar surface area (TPSA) is 12.0 Å². The predicted molar refractivity (Wildman–Crippen MR) is 81.7 cm³/mol. The van der Waals surface area contributed by atoms with Crippen LogP contribution in [0.15, 0.2) is 30.3 Å². The average Bonchev–Trinajstić information content (AvgIpc) is 2.84. The molecule has 1 N–H and O–H groups in total. The molecule has 114 valence electrons. The summed E-state index contributed by atoms with van der Waals surface area (Å²) in [5, 5.41) is 3.33. The molecule has 0 unspecified atom stereocenters. The molecular weight excluding hydrogens is 319 g/mol. The molecule has 0 aliphatic heterocycles. The quantitative estimate of drug-likeness (QED) is 0.769. The Morgan fingerprint density at radius 2 is 1.90 bits per heavy atom. The second kappa shape index (κ2) is 6.38. The Hall–Kier alpha value is -1.04. The van der Waals surface area contributed by atoms with Gasteiger partial charge in [-0.2, -0.15) is 13.2 Å². The molecule has 0 aliphatic carbocycles. The lowest BCUT2D eigenvalue weighted by Gasteiger charge is -2.12. The molecular formula is C15H15ClF3NS. The van der Waals surface area contributed by atoms with Crippen LogP contribution in [0.4, 0.5) is 13.2 Å². The van der Waals surface area contributed by atoms with E-state index in [1.54, 1.807) is 6.07 Å². The standard InChI is InChI=1S/C15H15ClF3NS/c1-9(2)20-8-11-4-6-14(21-11)12-5-3-10(16)7-13(12)15(17,18)19/h3-7,9,20H,8H2,1-2H3. The average molecular weight is 334 g/mol. The molecule has 21 heavy (non-hydrogen) atoms. The fourth-order valence-electron chi connectivity index (χ4n) is 1.89. The van der Waals surface area contributed by atoms with Crippen molar-refractivity contribution in [1.29, 1.82) is 0 Å². The lowest BCUT2D eigenvalue weighted by Crippen LogP contribution is -2.21.